The highest BCUT2D eigenvalue weighted by molar-refractivity contribution is 5.66. The number of methoxy groups -OCH3 is 1. The predicted molar refractivity (Wildman–Crippen MR) is 147 cm³/mol. The van der Waals surface area contributed by atoms with Crippen molar-refractivity contribution in [3.05, 3.63) is 53.6 Å². The Balaban J connectivity index is 1.32. The Bertz CT molecular complexity index is 1030. The number of aryl methyl sites for hydroxylation is 1. The summed E-state index contributed by atoms with van der Waals surface area (Å²) in [6.07, 6.45) is 7.98. The maximum atomic E-state index is 11.3. The van der Waals surface area contributed by atoms with Crippen LogP contribution in [0.25, 0.3) is 0 Å². The van der Waals surface area contributed by atoms with Crippen LogP contribution >= 0.6 is 0 Å². The van der Waals surface area contributed by atoms with Crippen LogP contribution in [0.2, 0.25) is 0 Å². The van der Waals surface area contributed by atoms with E-state index in [0.29, 0.717) is 23.9 Å². The van der Waals surface area contributed by atoms with Crippen LogP contribution in [-0.4, -0.2) is 32.8 Å². The van der Waals surface area contributed by atoms with E-state index < -0.39 is 5.97 Å². The molecule has 0 N–H and O–H groups in total. The summed E-state index contributed by atoms with van der Waals surface area (Å²) in [4.78, 5) is 13.8. The Morgan fingerprint density at radius 2 is 1.81 bits per heavy atom. The van der Waals surface area contributed by atoms with Gasteiger partial charge in [-0.15, -0.1) is 0 Å². The van der Waals surface area contributed by atoms with Gasteiger partial charge in [-0.2, -0.15) is 0 Å². The van der Waals surface area contributed by atoms with Crippen molar-refractivity contribution < 1.29 is 19.4 Å². The standard InChI is InChI=1S/C32H45NO4/c1-32(2,3)16-6-8-25-12-13-27(36-4)20-30(25)33-17-14-23(15-18-33)22-37-28-9-5-7-26(19-28)29(21-31(34)35)24-10-11-24/h5,7,9,12-13,19-20,23-24,29H,6,8,10-11,14-18,21-22H2,1-4H3,(H,34,35)/p-1. The van der Waals surface area contributed by atoms with Crippen LogP contribution in [0, 0.1) is 17.3 Å². The first-order valence-corrected chi connectivity index (χ1v) is 14.1. The van der Waals surface area contributed by atoms with Crippen LogP contribution in [-0.2, 0) is 11.2 Å². The monoisotopic (exact) mass is 506 g/mol. The minimum absolute atomic E-state index is 0.0391. The minimum Gasteiger partial charge on any atom is -0.550 e. The quantitative estimate of drug-likeness (QED) is 0.354. The van der Waals surface area contributed by atoms with Crippen LogP contribution < -0.4 is 19.5 Å². The zero-order chi connectivity index (χ0) is 26.4. The van der Waals surface area contributed by atoms with Gasteiger partial charge in [-0.05, 0) is 104 Å². The van der Waals surface area contributed by atoms with Gasteiger partial charge in [0.25, 0.3) is 0 Å². The van der Waals surface area contributed by atoms with Crippen molar-refractivity contribution in [2.75, 3.05) is 31.7 Å². The first-order chi connectivity index (χ1) is 17.7. The van der Waals surface area contributed by atoms with Crippen LogP contribution in [0.1, 0.15) is 82.8 Å². The van der Waals surface area contributed by atoms with Gasteiger partial charge in [0.15, 0.2) is 0 Å². The zero-order valence-electron chi connectivity index (χ0n) is 23.1. The van der Waals surface area contributed by atoms with Crippen LogP contribution in [0.5, 0.6) is 11.5 Å². The summed E-state index contributed by atoms with van der Waals surface area (Å²) in [5, 5.41) is 11.3. The minimum atomic E-state index is -0.969. The summed E-state index contributed by atoms with van der Waals surface area (Å²) in [5.74, 6) is 1.81. The van der Waals surface area contributed by atoms with E-state index in [1.807, 2.05) is 24.3 Å². The number of piperidine rings is 1. The van der Waals surface area contributed by atoms with Gasteiger partial charge < -0.3 is 24.3 Å². The normalized spacial score (nSPS) is 17.5. The number of rotatable bonds is 12. The lowest BCUT2D eigenvalue weighted by molar-refractivity contribution is -0.306. The van der Waals surface area contributed by atoms with Gasteiger partial charge in [0.05, 0.1) is 13.7 Å². The molecule has 1 saturated heterocycles. The van der Waals surface area contributed by atoms with Gasteiger partial charge in [-0.3, -0.25) is 0 Å². The van der Waals surface area contributed by atoms with E-state index in [1.54, 1.807) is 7.11 Å². The average molecular weight is 507 g/mol. The molecule has 1 atom stereocenters. The van der Waals surface area contributed by atoms with Crippen molar-refractivity contribution in [1.29, 1.82) is 0 Å². The van der Waals surface area contributed by atoms with Gasteiger partial charge in [0.1, 0.15) is 11.5 Å². The topological polar surface area (TPSA) is 61.8 Å². The molecule has 2 aromatic carbocycles. The number of aliphatic carboxylic acids is 1. The van der Waals surface area contributed by atoms with E-state index in [1.165, 1.54) is 24.1 Å². The number of carbonyl (C=O) groups is 1. The molecule has 2 fully saturated rings. The number of hydrogen-bond donors (Lipinski definition) is 0. The van der Waals surface area contributed by atoms with E-state index in [0.717, 1.165) is 62.3 Å². The molecule has 1 unspecified atom stereocenters. The van der Waals surface area contributed by atoms with Crippen molar-refractivity contribution >= 4 is 11.7 Å². The molecule has 0 aromatic heterocycles. The smallest absolute Gasteiger partial charge is 0.120 e. The summed E-state index contributed by atoms with van der Waals surface area (Å²) in [7, 11) is 1.74. The molecule has 1 heterocycles. The largest absolute Gasteiger partial charge is 0.550 e. The number of carboxylic acid groups (broad SMARTS) is 1. The number of nitrogens with zero attached hydrogens (tertiary/aromatic N) is 1. The lowest BCUT2D eigenvalue weighted by Crippen LogP contribution is -2.36. The Labute approximate surface area is 223 Å². The number of hydrogen-bond acceptors (Lipinski definition) is 5. The predicted octanol–water partition coefficient (Wildman–Crippen LogP) is 5.99. The van der Waals surface area contributed by atoms with Crippen molar-refractivity contribution in [3.8, 4) is 11.5 Å². The summed E-state index contributed by atoms with van der Waals surface area (Å²) in [5.41, 5.74) is 4.16. The fraction of sp³-hybridized carbons (Fsp3) is 0.594. The molecule has 0 bridgehead atoms. The third kappa shape index (κ3) is 8.15. The highest BCUT2D eigenvalue weighted by atomic mass is 16.5. The SMILES string of the molecule is COc1ccc(CCCC(C)(C)C)c(N2CCC(COc3cccc(C(CC(=O)[O-])C4CC4)c3)CC2)c1. The second kappa shape index (κ2) is 12.2. The Morgan fingerprint density at radius 3 is 2.46 bits per heavy atom. The molecule has 202 valence electrons. The van der Waals surface area contributed by atoms with Crippen molar-refractivity contribution in [3.63, 3.8) is 0 Å². The second-order valence-electron chi connectivity index (χ2n) is 12.2. The molecular weight excluding hydrogens is 462 g/mol. The van der Waals surface area contributed by atoms with Gasteiger partial charge in [-0.1, -0.05) is 39.0 Å². The van der Waals surface area contributed by atoms with E-state index in [2.05, 4.69) is 43.9 Å². The lowest BCUT2D eigenvalue weighted by atomic mass is 9.88. The lowest BCUT2D eigenvalue weighted by Gasteiger charge is -2.35. The zero-order valence-corrected chi connectivity index (χ0v) is 23.1. The molecule has 0 spiro atoms. The highest BCUT2D eigenvalue weighted by Crippen LogP contribution is 2.45. The summed E-state index contributed by atoms with van der Waals surface area (Å²) in [6.45, 7) is 9.66. The maximum Gasteiger partial charge on any atom is 0.120 e. The van der Waals surface area contributed by atoms with Gasteiger partial charge in [-0.25, -0.2) is 0 Å². The van der Waals surface area contributed by atoms with Crippen molar-refractivity contribution in [1.82, 2.24) is 0 Å². The molecule has 0 amide bonds. The summed E-state index contributed by atoms with van der Waals surface area (Å²) < 4.78 is 11.8. The second-order valence-corrected chi connectivity index (χ2v) is 12.2. The first kappa shape index (κ1) is 27.3. The molecule has 5 nitrogen and oxygen atoms in total. The number of benzene rings is 2. The Kier molecular flexibility index (Phi) is 9.04. The molecule has 4 rings (SSSR count). The number of ether oxygens (including phenoxy) is 2. The van der Waals surface area contributed by atoms with Gasteiger partial charge in [0.2, 0.25) is 0 Å². The third-order valence-electron chi connectivity index (χ3n) is 7.97. The number of carboxylic acids is 1. The molecule has 2 aliphatic rings. The molecule has 1 saturated carbocycles. The number of anilines is 1. The average Bonchev–Trinajstić information content (AvgIpc) is 3.71. The summed E-state index contributed by atoms with van der Waals surface area (Å²) >= 11 is 0. The Morgan fingerprint density at radius 1 is 1.05 bits per heavy atom. The fourth-order valence-electron chi connectivity index (χ4n) is 5.61. The highest BCUT2D eigenvalue weighted by Gasteiger charge is 2.32. The third-order valence-corrected chi connectivity index (χ3v) is 7.97. The van der Waals surface area contributed by atoms with E-state index in [9.17, 15) is 9.90 Å². The van der Waals surface area contributed by atoms with E-state index >= 15 is 0 Å². The molecule has 37 heavy (non-hydrogen) atoms. The van der Waals surface area contributed by atoms with Crippen LogP contribution in [0.4, 0.5) is 5.69 Å². The molecule has 5 heteroatoms. The van der Waals surface area contributed by atoms with Crippen LogP contribution in [0.3, 0.4) is 0 Å². The molecule has 1 aliphatic heterocycles. The van der Waals surface area contributed by atoms with E-state index in [-0.39, 0.29) is 12.3 Å². The summed E-state index contributed by atoms with van der Waals surface area (Å²) in [6, 6.07) is 14.6. The molecule has 0 radical (unpaired) electrons. The van der Waals surface area contributed by atoms with Crippen molar-refractivity contribution in [2.45, 2.75) is 78.1 Å². The van der Waals surface area contributed by atoms with Crippen molar-refractivity contribution in [2.24, 2.45) is 17.3 Å². The maximum absolute atomic E-state index is 11.3. The molecular formula is C32H44NO4-. The van der Waals surface area contributed by atoms with E-state index in [4.69, 9.17) is 9.47 Å². The van der Waals surface area contributed by atoms with Crippen LogP contribution in [0.15, 0.2) is 42.5 Å². The van der Waals surface area contributed by atoms with Gasteiger partial charge in [0, 0.05) is 30.8 Å². The molecule has 2 aromatic rings. The Hall–Kier alpha value is -2.69. The van der Waals surface area contributed by atoms with Gasteiger partial charge >= 0.3 is 0 Å². The number of carbonyl (C=O) groups excluding carboxylic acids is 1. The fourth-order valence-corrected chi connectivity index (χ4v) is 5.61. The first-order valence-electron chi connectivity index (χ1n) is 14.1. The molecule has 1 aliphatic carbocycles.